The number of nitrogens with zero attached hydrogens (tertiary/aromatic N) is 1. The molecule has 0 unspecified atom stereocenters. The molecule has 6 heteroatoms. The van der Waals surface area contributed by atoms with Crippen LogP contribution in [0.4, 0.5) is 4.79 Å². The lowest BCUT2D eigenvalue weighted by atomic mass is 10.1. The van der Waals surface area contributed by atoms with Gasteiger partial charge in [0, 0.05) is 6.54 Å². The van der Waals surface area contributed by atoms with E-state index in [0.29, 0.717) is 5.75 Å². The number of hydrogen-bond donors (Lipinski definition) is 0. The molecule has 0 heterocycles. The van der Waals surface area contributed by atoms with E-state index >= 15 is 0 Å². The molecule has 0 aliphatic carbocycles. The average Bonchev–Trinajstić information content (AvgIpc) is 2.56. The zero-order valence-electron chi connectivity index (χ0n) is 15.6. The van der Waals surface area contributed by atoms with Gasteiger partial charge in [-0.2, -0.15) is 0 Å². The van der Waals surface area contributed by atoms with Gasteiger partial charge in [0.1, 0.15) is 17.4 Å². The first-order valence-electron chi connectivity index (χ1n) is 8.03. The maximum absolute atomic E-state index is 12.7. The highest BCUT2D eigenvalue weighted by atomic mass is 16.6. The fourth-order valence-corrected chi connectivity index (χ4v) is 2.19. The van der Waals surface area contributed by atoms with E-state index in [2.05, 4.69) is 6.58 Å². The summed E-state index contributed by atoms with van der Waals surface area (Å²) in [5.74, 6) is 0.197. The summed E-state index contributed by atoms with van der Waals surface area (Å²) in [6.07, 6.45) is 1.26. The highest BCUT2D eigenvalue weighted by Gasteiger charge is 2.33. The van der Waals surface area contributed by atoms with Gasteiger partial charge in [0.2, 0.25) is 0 Å². The Kier molecular flexibility index (Phi) is 7.48. The Labute approximate surface area is 149 Å². The zero-order valence-corrected chi connectivity index (χ0v) is 15.6. The van der Waals surface area contributed by atoms with Crippen molar-refractivity contribution in [1.29, 1.82) is 0 Å². The summed E-state index contributed by atoms with van der Waals surface area (Å²) in [6.45, 7) is 9.19. The number of methoxy groups -OCH3 is 2. The third-order valence-electron chi connectivity index (χ3n) is 3.38. The van der Waals surface area contributed by atoms with Crippen LogP contribution in [0.25, 0.3) is 0 Å². The van der Waals surface area contributed by atoms with E-state index in [1.54, 1.807) is 46.1 Å². The molecule has 1 amide bonds. The molecular weight excluding hydrogens is 322 g/mol. The number of carbonyl (C=O) groups excluding carboxylic acids is 2. The molecule has 1 aromatic rings. The van der Waals surface area contributed by atoms with Gasteiger partial charge >= 0.3 is 12.1 Å². The van der Waals surface area contributed by atoms with Crippen molar-refractivity contribution in [2.45, 2.75) is 45.4 Å². The molecule has 1 rings (SSSR count). The third-order valence-corrected chi connectivity index (χ3v) is 3.38. The van der Waals surface area contributed by atoms with Crippen LogP contribution in [0.1, 0.15) is 32.8 Å². The predicted octanol–water partition coefficient (Wildman–Crippen LogP) is 3.55. The van der Waals surface area contributed by atoms with Crippen molar-refractivity contribution in [3.8, 4) is 5.75 Å². The van der Waals surface area contributed by atoms with Gasteiger partial charge < -0.3 is 14.2 Å². The van der Waals surface area contributed by atoms with Gasteiger partial charge in [-0.3, -0.25) is 4.90 Å². The van der Waals surface area contributed by atoms with Crippen molar-refractivity contribution in [2.75, 3.05) is 14.2 Å². The Balaban J connectivity index is 3.12. The van der Waals surface area contributed by atoms with Crippen molar-refractivity contribution < 1.29 is 23.8 Å². The number of benzene rings is 1. The number of hydrogen-bond acceptors (Lipinski definition) is 5. The first-order valence-corrected chi connectivity index (χ1v) is 8.03. The van der Waals surface area contributed by atoms with E-state index in [1.165, 1.54) is 12.0 Å². The molecule has 0 saturated heterocycles. The molecular formula is C19H27NO5. The molecule has 0 saturated carbocycles. The first kappa shape index (κ1) is 20.5. The minimum absolute atomic E-state index is 0.201. The molecule has 6 nitrogen and oxygen atoms in total. The van der Waals surface area contributed by atoms with Gasteiger partial charge in [-0.15, -0.1) is 6.58 Å². The molecule has 25 heavy (non-hydrogen) atoms. The second kappa shape index (κ2) is 9.11. The van der Waals surface area contributed by atoms with E-state index in [4.69, 9.17) is 14.2 Å². The summed E-state index contributed by atoms with van der Waals surface area (Å²) < 4.78 is 15.4. The maximum atomic E-state index is 12.7. The second-order valence-electron chi connectivity index (χ2n) is 6.52. The monoisotopic (exact) mass is 349 g/mol. The molecule has 1 atom stereocenters. The van der Waals surface area contributed by atoms with E-state index in [1.807, 2.05) is 12.1 Å². The summed E-state index contributed by atoms with van der Waals surface area (Å²) >= 11 is 0. The number of carbonyl (C=O) groups is 2. The van der Waals surface area contributed by atoms with Crippen LogP contribution in [0.3, 0.4) is 0 Å². The van der Waals surface area contributed by atoms with Crippen molar-refractivity contribution in [1.82, 2.24) is 4.90 Å². The smallest absolute Gasteiger partial charge is 0.411 e. The lowest BCUT2D eigenvalue weighted by Gasteiger charge is -2.31. The Hall–Kier alpha value is -2.50. The molecule has 0 N–H and O–H groups in total. The minimum atomic E-state index is -0.806. The normalized spacial score (nSPS) is 12.0. The van der Waals surface area contributed by atoms with Crippen LogP contribution in [0.15, 0.2) is 36.9 Å². The van der Waals surface area contributed by atoms with Gasteiger partial charge in [0.05, 0.1) is 14.2 Å². The van der Waals surface area contributed by atoms with Crippen molar-refractivity contribution >= 4 is 12.1 Å². The molecule has 0 bridgehead atoms. The maximum Gasteiger partial charge on any atom is 0.411 e. The van der Waals surface area contributed by atoms with E-state index in [-0.39, 0.29) is 13.0 Å². The summed E-state index contributed by atoms with van der Waals surface area (Å²) in [7, 11) is 2.87. The number of rotatable bonds is 7. The summed E-state index contributed by atoms with van der Waals surface area (Å²) in [6, 6.07) is 6.45. The molecule has 0 aliphatic rings. The number of ether oxygens (including phenoxy) is 3. The van der Waals surface area contributed by atoms with Crippen LogP contribution in [-0.4, -0.2) is 42.8 Å². The second-order valence-corrected chi connectivity index (χ2v) is 6.52. The highest BCUT2D eigenvalue weighted by Crippen LogP contribution is 2.19. The predicted molar refractivity (Wildman–Crippen MR) is 95.4 cm³/mol. The number of amides is 1. The summed E-state index contributed by atoms with van der Waals surface area (Å²) in [4.78, 5) is 26.2. The Morgan fingerprint density at radius 2 is 1.80 bits per heavy atom. The molecule has 0 aromatic heterocycles. The minimum Gasteiger partial charge on any atom is -0.497 e. The van der Waals surface area contributed by atoms with Gasteiger partial charge in [-0.1, -0.05) is 18.2 Å². The number of esters is 1. The van der Waals surface area contributed by atoms with E-state index in [0.717, 1.165) is 5.56 Å². The molecule has 0 aliphatic heterocycles. The Bertz CT molecular complexity index is 589. The van der Waals surface area contributed by atoms with Crippen LogP contribution in [0.5, 0.6) is 5.75 Å². The zero-order chi connectivity index (χ0) is 19.0. The topological polar surface area (TPSA) is 65.1 Å². The van der Waals surface area contributed by atoms with Crippen molar-refractivity contribution in [3.63, 3.8) is 0 Å². The van der Waals surface area contributed by atoms with E-state index in [9.17, 15) is 9.59 Å². The Morgan fingerprint density at radius 3 is 2.24 bits per heavy atom. The van der Waals surface area contributed by atoms with Gasteiger partial charge in [0.25, 0.3) is 0 Å². The van der Waals surface area contributed by atoms with Gasteiger partial charge in [-0.05, 0) is 44.9 Å². The molecule has 1 aromatic carbocycles. The van der Waals surface area contributed by atoms with Crippen LogP contribution in [0, 0.1) is 0 Å². The average molecular weight is 349 g/mol. The molecule has 0 fully saturated rings. The molecule has 138 valence electrons. The van der Waals surface area contributed by atoms with Crippen LogP contribution < -0.4 is 4.74 Å². The Morgan fingerprint density at radius 1 is 1.20 bits per heavy atom. The summed E-state index contributed by atoms with van der Waals surface area (Å²) in [5, 5.41) is 0. The van der Waals surface area contributed by atoms with Gasteiger partial charge in [0.15, 0.2) is 0 Å². The lowest BCUT2D eigenvalue weighted by Crippen LogP contribution is -2.47. The summed E-state index contributed by atoms with van der Waals surface area (Å²) in [5.41, 5.74) is 0.161. The lowest BCUT2D eigenvalue weighted by molar-refractivity contribution is -0.147. The standard InChI is InChI=1S/C19H27NO5/c1-7-8-16(17(21)24-6)20(18(22)25-19(2,3)4)13-14-9-11-15(23-5)12-10-14/h7,9-12,16H,1,8,13H2,2-6H3/t16-/m0/s1. The van der Waals surface area contributed by atoms with Gasteiger partial charge in [-0.25, -0.2) is 9.59 Å². The fraction of sp³-hybridized carbons (Fsp3) is 0.474. The SMILES string of the molecule is C=CC[C@@H](C(=O)OC)N(Cc1ccc(OC)cc1)C(=O)OC(C)(C)C. The third kappa shape index (κ3) is 6.49. The van der Waals surface area contributed by atoms with Crippen LogP contribution in [0.2, 0.25) is 0 Å². The van der Waals surface area contributed by atoms with Crippen molar-refractivity contribution in [3.05, 3.63) is 42.5 Å². The first-order chi connectivity index (χ1) is 11.7. The largest absolute Gasteiger partial charge is 0.497 e. The highest BCUT2D eigenvalue weighted by molar-refractivity contribution is 5.81. The van der Waals surface area contributed by atoms with E-state index < -0.39 is 23.7 Å². The van der Waals surface area contributed by atoms with Crippen molar-refractivity contribution in [2.24, 2.45) is 0 Å². The quantitative estimate of drug-likeness (QED) is 0.556. The molecule has 0 radical (unpaired) electrons. The van der Waals surface area contributed by atoms with Crippen LogP contribution >= 0.6 is 0 Å². The fourth-order valence-electron chi connectivity index (χ4n) is 2.19. The molecule has 0 spiro atoms. The van der Waals surface area contributed by atoms with Crippen LogP contribution in [-0.2, 0) is 20.8 Å².